The number of benzene rings is 1. The highest BCUT2D eigenvalue weighted by atomic mass is 16.1. The van der Waals surface area contributed by atoms with E-state index >= 15 is 0 Å². The molecular weight excluding hydrogens is 280 g/mol. The minimum atomic E-state index is -0.304. The molecule has 1 N–H and O–H groups in total. The smallest absolute Gasteiger partial charge is 0.280 e. The normalized spacial score (nSPS) is 11.4. The lowest BCUT2D eigenvalue weighted by molar-refractivity contribution is 0.642. The summed E-state index contributed by atoms with van der Waals surface area (Å²) in [4.78, 5) is 29.1. The van der Waals surface area contributed by atoms with Gasteiger partial charge in [0.1, 0.15) is 6.33 Å². The van der Waals surface area contributed by atoms with Crippen molar-refractivity contribution in [3.05, 3.63) is 46.5 Å². The van der Waals surface area contributed by atoms with Gasteiger partial charge in [0.15, 0.2) is 11.2 Å². The Morgan fingerprint density at radius 2 is 2.00 bits per heavy atom. The van der Waals surface area contributed by atoms with Crippen LogP contribution in [0.2, 0.25) is 0 Å². The van der Waals surface area contributed by atoms with Crippen LogP contribution >= 0.6 is 0 Å². The molecule has 2 heterocycles. The molecule has 7 heteroatoms. The molecule has 0 saturated carbocycles. The summed E-state index contributed by atoms with van der Waals surface area (Å²) in [7, 11) is 3.69. The number of aliphatic imine (C=N–C) groups is 1. The lowest BCUT2D eigenvalue weighted by Crippen LogP contribution is -2.10. The number of hydrogen-bond donors (Lipinski definition) is 1. The summed E-state index contributed by atoms with van der Waals surface area (Å²) in [6, 6.07) is 7.92. The number of nitrogens with zero attached hydrogens (tertiary/aromatic N) is 5. The summed E-state index contributed by atoms with van der Waals surface area (Å²) in [6.45, 7) is 2.02. The van der Waals surface area contributed by atoms with Crippen molar-refractivity contribution in [2.24, 2.45) is 4.99 Å². The van der Waals surface area contributed by atoms with Crippen molar-refractivity contribution in [2.75, 3.05) is 14.1 Å². The second-order valence-electron chi connectivity index (χ2n) is 5.22. The van der Waals surface area contributed by atoms with E-state index in [2.05, 4.69) is 19.9 Å². The molecule has 1 aromatic carbocycles. The zero-order chi connectivity index (χ0) is 15.7. The fourth-order valence-corrected chi connectivity index (χ4v) is 2.02. The van der Waals surface area contributed by atoms with E-state index in [1.165, 1.54) is 0 Å². The molecule has 0 aliphatic rings. The minimum absolute atomic E-state index is 0.250. The predicted octanol–water partition coefficient (Wildman–Crippen LogP) is 1.64. The zero-order valence-electron chi connectivity index (χ0n) is 12.6. The molecule has 3 aromatic rings. The number of aromatic nitrogens is 4. The quantitative estimate of drug-likeness (QED) is 0.588. The Hall–Kier alpha value is -2.96. The van der Waals surface area contributed by atoms with Crippen molar-refractivity contribution >= 4 is 23.5 Å². The number of rotatable bonds is 3. The number of fused-ring (bicyclic) bond motifs is 1. The Balaban J connectivity index is 2.16. The van der Waals surface area contributed by atoms with Crippen LogP contribution in [0, 0.1) is 6.92 Å². The Kier molecular flexibility index (Phi) is 3.46. The molecule has 0 aliphatic heterocycles. The zero-order valence-corrected chi connectivity index (χ0v) is 12.6. The maximum absolute atomic E-state index is 12.1. The van der Waals surface area contributed by atoms with Gasteiger partial charge in [-0.05, 0) is 19.1 Å². The largest absolute Gasteiger partial charge is 0.369 e. The van der Waals surface area contributed by atoms with E-state index in [1.54, 1.807) is 22.1 Å². The van der Waals surface area contributed by atoms with E-state index in [9.17, 15) is 4.79 Å². The van der Waals surface area contributed by atoms with Gasteiger partial charge in [0, 0.05) is 19.8 Å². The van der Waals surface area contributed by atoms with Gasteiger partial charge in [0.2, 0.25) is 5.95 Å². The number of nitrogens with one attached hydrogen (secondary N) is 1. The van der Waals surface area contributed by atoms with Crippen molar-refractivity contribution in [3.8, 4) is 5.69 Å². The van der Waals surface area contributed by atoms with Crippen LogP contribution in [-0.4, -0.2) is 44.9 Å². The molecule has 2 aromatic heterocycles. The summed E-state index contributed by atoms with van der Waals surface area (Å²) >= 11 is 0. The maximum Gasteiger partial charge on any atom is 0.280 e. The van der Waals surface area contributed by atoms with Crippen LogP contribution in [0.1, 0.15) is 5.56 Å². The second-order valence-corrected chi connectivity index (χ2v) is 5.22. The molecule has 0 fully saturated rings. The second kappa shape index (κ2) is 5.44. The molecule has 0 amide bonds. The summed E-state index contributed by atoms with van der Waals surface area (Å²) in [6.07, 6.45) is 3.17. The lowest BCUT2D eigenvalue weighted by Gasteiger charge is -2.05. The molecule has 22 heavy (non-hydrogen) atoms. The Morgan fingerprint density at radius 1 is 1.27 bits per heavy atom. The van der Waals surface area contributed by atoms with E-state index in [0.717, 1.165) is 11.3 Å². The van der Waals surface area contributed by atoms with E-state index in [0.29, 0.717) is 11.2 Å². The average molecular weight is 296 g/mol. The molecule has 0 bridgehead atoms. The third-order valence-corrected chi connectivity index (χ3v) is 3.12. The number of aryl methyl sites for hydroxylation is 1. The van der Waals surface area contributed by atoms with Crippen LogP contribution < -0.4 is 5.56 Å². The number of aromatic amines is 1. The molecule has 0 aliphatic carbocycles. The molecule has 0 radical (unpaired) electrons. The van der Waals surface area contributed by atoms with Gasteiger partial charge < -0.3 is 4.90 Å². The number of H-pyrrole nitrogens is 1. The average Bonchev–Trinajstić information content (AvgIpc) is 2.90. The van der Waals surface area contributed by atoms with Crippen LogP contribution in [0.25, 0.3) is 16.9 Å². The van der Waals surface area contributed by atoms with Crippen LogP contribution in [0.4, 0.5) is 5.95 Å². The van der Waals surface area contributed by atoms with E-state index < -0.39 is 0 Å². The number of imidazole rings is 1. The lowest BCUT2D eigenvalue weighted by atomic mass is 10.2. The van der Waals surface area contributed by atoms with Crippen LogP contribution in [0.5, 0.6) is 0 Å². The van der Waals surface area contributed by atoms with Gasteiger partial charge in [0.05, 0.1) is 6.34 Å². The van der Waals surface area contributed by atoms with Crippen LogP contribution in [0.3, 0.4) is 0 Å². The molecule has 7 nitrogen and oxygen atoms in total. The van der Waals surface area contributed by atoms with Crippen LogP contribution in [-0.2, 0) is 0 Å². The van der Waals surface area contributed by atoms with Crippen molar-refractivity contribution in [1.82, 2.24) is 24.4 Å². The molecule has 3 rings (SSSR count). The minimum Gasteiger partial charge on any atom is -0.369 e. The Bertz CT molecular complexity index is 889. The maximum atomic E-state index is 12.1. The highest BCUT2D eigenvalue weighted by molar-refractivity contribution is 5.73. The fraction of sp³-hybridized carbons (Fsp3) is 0.200. The van der Waals surface area contributed by atoms with Gasteiger partial charge in [-0.25, -0.2) is 9.98 Å². The summed E-state index contributed by atoms with van der Waals surface area (Å²) in [5.74, 6) is 0.250. The summed E-state index contributed by atoms with van der Waals surface area (Å²) in [5.41, 5.74) is 2.54. The van der Waals surface area contributed by atoms with E-state index in [4.69, 9.17) is 0 Å². The summed E-state index contributed by atoms with van der Waals surface area (Å²) < 4.78 is 1.78. The van der Waals surface area contributed by atoms with E-state index in [1.807, 2.05) is 45.3 Å². The fourth-order valence-electron chi connectivity index (χ4n) is 2.02. The van der Waals surface area contributed by atoms with Crippen molar-refractivity contribution in [3.63, 3.8) is 0 Å². The van der Waals surface area contributed by atoms with Crippen molar-refractivity contribution in [2.45, 2.75) is 6.92 Å². The van der Waals surface area contributed by atoms with Gasteiger partial charge >= 0.3 is 0 Å². The monoisotopic (exact) mass is 296 g/mol. The number of hydrogen-bond acceptors (Lipinski definition) is 4. The standard InChI is InChI=1S/C15H16N6O/c1-10-4-6-11(7-5-10)21-9-16-12-13(21)18-15(19-14(12)22)17-8-20(2)3/h4-9H,1-3H3,(H,18,19,22)/b17-8+. The Morgan fingerprint density at radius 3 is 2.68 bits per heavy atom. The van der Waals surface area contributed by atoms with Crippen molar-refractivity contribution in [1.29, 1.82) is 0 Å². The molecule has 0 saturated heterocycles. The van der Waals surface area contributed by atoms with Crippen molar-refractivity contribution < 1.29 is 0 Å². The first-order chi connectivity index (χ1) is 10.5. The molecular formula is C15H16N6O. The third-order valence-electron chi connectivity index (χ3n) is 3.12. The van der Waals surface area contributed by atoms with E-state index in [-0.39, 0.29) is 11.5 Å². The highest BCUT2D eigenvalue weighted by Crippen LogP contribution is 2.16. The SMILES string of the molecule is Cc1ccc(-n2cnc3c(=O)[nH]c(/N=C/N(C)C)nc32)cc1. The topological polar surface area (TPSA) is 79.2 Å². The van der Waals surface area contributed by atoms with Gasteiger partial charge in [-0.2, -0.15) is 4.98 Å². The van der Waals surface area contributed by atoms with Gasteiger partial charge in [-0.3, -0.25) is 14.3 Å². The van der Waals surface area contributed by atoms with Gasteiger partial charge in [0.25, 0.3) is 5.56 Å². The Labute approximate surface area is 127 Å². The first kappa shape index (κ1) is 14.0. The molecule has 112 valence electrons. The first-order valence-corrected chi connectivity index (χ1v) is 6.79. The third kappa shape index (κ3) is 2.60. The highest BCUT2D eigenvalue weighted by Gasteiger charge is 2.11. The molecule has 0 atom stereocenters. The van der Waals surface area contributed by atoms with Crippen LogP contribution in [0.15, 0.2) is 40.4 Å². The first-order valence-electron chi connectivity index (χ1n) is 6.79. The molecule has 0 unspecified atom stereocenters. The van der Waals surface area contributed by atoms with Gasteiger partial charge in [-0.15, -0.1) is 0 Å². The predicted molar refractivity (Wildman–Crippen MR) is 86.1 cm³/mol. The van der Waals surface area contributed by atoms with Gasteiger partial charge in [-0.1, -0.05) is 17.7 Å². The molecule has 0 spiro atoms. The summed E-state index contributed by atoms with van der Waals surface area (Å²) in [5, 5.41) is 0.